The van der Waals surface area contributed by atoms with Crippen LogP contribution in [0.3, 0.4) is 0 Å². The molecular formula is C29H27ClN6O2. The van der Waals surface area contributed by atoms with Gasteiger partial charge in [-0.1, -0.05) is 30.7 Å². The van der Waals surface area contributed by atoms with Gasteiger partial charge in [-0.05, 0) is 67.1 Å². The molecule has 1 aliphatic heterocycles. The fourth-order valence-electron chi connectivity index (χ4n) is 5.28. The van der Waals surface area contributed by atoms with Gasteiger partial charge in [-0.2, -0.15) is 0 Å². The van der Waals surface area contributed by atoms with Crippen LogP contribution in [0.5, 0.6) is 0 Å². The number of nitrogens with zero attached hydrogens (tertiary/aromatic N) is 5. The minimum absolute atomic E-state index is 0.00123. The molecule has 0 unspecified atom stereocenters. The number of carbonyl (C=O) groups excluding carboxylic acids is 2. The van der Waals surface area contributed by atoms with Gasteiger partial charge in [0.2, 0.25) is 0 Å². The van der Waals surface area contributed by atoms with Crippen LogP contribution < -0.4 is 5.32 Å². The fourth-order valence-corrected chi connectivity index (χ4v) is 5.45. The average molecular weight is 527 g/mol. The van der Waals surface area contributed by atoms with E-state index in [0.717, 1.165) is 35.4 Å². The molecule has 0 spiro atoms. The van der Waals surface area contributed by atoms with Crippen molar-refractivity contribution in [3.05, 3.63) is 101 Å². The molecule has 1 aliphatic rings. The predicted octanol–water partition coefficient (Wildman–Crippen LogP) is 5.47. The predicted molar refractivity (Wildman–Crippen MR) is 147 cm³/mol. The highest BCUT2D eigenvalue weighted by Gasteiger charge is 2.28. The number of carbonyl (C=O) groups is 2. The Balaban J connectivity index is 1.11. The molecule has 6 rings (SSSR count). The lowest BCUT2D eigenvalue weighted by molar-refractivity contribution is 0.0704. The normalized spacial score (nSPS) is 14.3. The van der Waals surface area contributed by atoms with Gasteiger partial charge in [-0.3, -0.25) is 14.0 Å². The number of pyridine rings is 2. The molecule has 38 heavy (non-hydrogen) atoms. The van der Waals surface area contributed by atoms with Crippen LogP contribution >= 0.6 is 11.6 Å². The second-order valence-electron chi connectivity index (χ2n) is 9.59. The maximum atomic E-state index is 13.5. The van der Waals surface area contributed by atoms with Crippen molar-refractivity contribution in [2.45, 2.75) is 32.1 Å². The van der Waals surface area contributed by atoms with E-state index in [1.165, 1.54) is 5.56 Å². The van der Waals surface area contributed by atoms with Crippen molar-refractivity contribution in [2.75, 3.05) is 18.4 Å². The zero-order valence-corrected chi connectivity index (χ0v) is 21.7. The lowest BCUT2D eigenvalue weighted by Gasteiger charge is -2.32. The van der Waals surface area contributed by atoms with E-state index in [2.05, 4.69) is 27.4 Å². The number of imidazole rings is 2. The Morgan fingerprint density at radius 1 is 1.08 bits per heavy atom. The van der Waals surface area contributed by atoms with E-state index in [0.29, 0.717) is 41.7 Å². The largest absolute Gasteiger partial charge is 0.337 e. The van der Waals surface area contributed by atoms with E-state index >= 15 is 0 Å². The van der Waals surface area contributed by atoms with Gasteiger partial charge < -0.3 is 14.6 Å². The molecule has 5 aromatic rings. The first-order chi connectivity index (χ1) is 18.5. The second-order valence-corrected chi connectivity index (χ2v) is 10.0. The van der Waals surface area contributed by atoms with Gasteiger partial charge in [-0.15, -0.1) is 0 Å². The summed E-state index contributed by atoms with van der Waals surface area (Å²) in [5.41, 5.74) is 5.43. The summed E-state index contributed by atoms with van der Waals surface area (Å²) in [6.45, 7) is 3.36. The van der Waals surface area contributed by atoms with Gasteiger partial charge in [0.05, 0.1) is 34.3 Å². The minimum atomic E-state index is -0.171. The zero-order chi connectivity index (χ0) is 26.2. The van der Waals surface area contributed by atoms with Crippen molar-refractivity contribution in [3.63, 3.8) is 0 Å². The van der Waals surface area contributed by atoms with Gasteiger partial charge in [0.25, 0.3) is 11.8 Å². The number of nitrogens with one attached hydrogen (secondary N) is 1. The lowest BCUT2D eigenvalue weighted by atomic mass is 9.89. The SMILES string of the molecule is CCc1nc2ccc(Cl)cn2c1C(=O)N1CCC(c2ccc(NC(=O)c3cccn4cncc34)cc2)CC1. The van der Waals surface area contributed by atoms with E-state index in [4.69, 9.17) is 11.6 Å². The molecule has 4 aromatic heterocycles. The summed E-state index contributed by atoms with van der Waals surface area (Å²) < 4.78 is 3.64. The molecular weight excluding hydrogens is 500 g/mol. The summed E-state index contributed by atoms with van der Waals surface area (Å²) in [4.78, 5) is 37.0. The number of likely N-dealkylation sites (tertiary alicyclic amines) is 1. The highest BCUT2D eigenvalue weighted by molar-refractivity contribution is 6.30. The molecule has 1 saturated heterocycles. The number of halogens is 1. The highest BCUT2D eigenvalue weighted by Crippen LogP contribution is 2.30. The van der Waals surface area contributed by atoms with E-state index in [-0.39, 0.29) is 11.8 Å². The second kappa shape index (κ2) is 9.95. The van der Waals surface area contributed by atoms with Crippen molar-refractivity contribution >= 4 is 40.3 Å². The molecule has 0 radical (unpaired) electrons. The van der Waals surface area contributed by atoms with Crippen LogP contribution in [-0.4, -0.2) is 48.6 Å². The number of hydrogen-bond acceptors (Lipinski definition) is 4. The van der Waals surface area contributed by atoms with Crippen molar-refractivity contribution in [2.24, 2.45) is 0 Å². The summed E-state index contributed by atoms with van der Waals surface area (Å²) in [5, 5.41) is 3.56. The van der Waals surface area contributed by atoms with Crippen LogP contribution in [0.15, 0.2) is 73.4 Å². The van der Waals surface area contributed by atoms with Crippen molar-refractivity contribution in [1.82, 2.24) is 23.7 Å². The number of benzene rings is 1. The molecule has 1 aromatic carbocycles. The summed E-state index contributed by atoms with van der Waals surface area (Å²) in [6, 6.07) is 15.3. The molecule has 5 heterocycles. The molecule has 8 nitrogen and oxygen atoms in total. The molecule has 1 fully saturated rings. The molecule has 0 bridgehead atoms. The molecule has 2 amide bonds. The Morgan fingerprint density at radius 2 is 1.87 bits per heavy atom. The number of piperidine rings is 1. The van der Waals surface area contributed by atoms with Crippen LogP contribution in [0.2, 0.25) is 5.02 Å². The zero-order valence-electron chi connectivity index (χ0n) is 21.0. The third kappa shape index (κ3) is 4.41. The quantitative estimate of drug-likeness (QED) is 0.329. The summed E-state index contributed by atoms with van der Waals surface area (Å²) in [6.07, 6.45) is 9.41. The first-order valence-electron chi connectivity index (χ1n) is 12.8. The van der Waals surface area contributed by atoms with Crippen LogP contribution in [0.4, 0.5) is 5.69 Å². The van der Waals surface area contributed by atoms with E-state index in [1.807, 2.05) is 51.1 Å². The molecule has 1 N–H and O–H groups in total. The third-order valence-corrected chi connectivity index (χ3v) is 7.53. The molecule has 0 saturated carbocycles. The summed E-state index contributed by atoms with van der Waals surface area (Å²) >= 11 is 6.21. The molecule has 0 aliphatic carbocycles. The maximum Gasteiger partial charge on any atom is 0.272 e. The van der Waals surface area contributed by atoms with Crippen LogP contribution in [0.1, 0.15) is 57.8 Å². The summed E-state index contributed by atoms with van der Waals surface area (Å²) in [7, 11) is 0. The van der Waals surface area contributed by atoms with Gasteiger partial charge >= 0.3 is 0 Å². The minimum Gasteiger partial charge on any atom is -0.337 e. The Bertz CT molecular complexity index is 1650. The lowest BCUT2D eigenvalue weighted by Crippen LogP contribution is -2.38. The van der Waals surface area contributed by atoms with E-state index in [9.17, 15) is 9.59 Å². The monoisotopic (exact) mass is 526 g/mol. The van der Waals surface area contributed by atoms with Gasteiger partial charge in [-0.25, -0.2) is 9.97 Å². The molecule has 9 heteroatoms. The fraction of sp³-hybridized carbons (Fsp3) is 0.241. The first kappa shape index (κ1) is 24.2. The first-order valence-corrected chi connectivity index (χ1v) is 13.2. The van der Waals surface area contributed by atoms with Gasteiger partial charge in [0, 0.05) is 31.2 Å². The topological polar surface area (TPSA) is 84.0 Å². The Labute approximate surface area is 224 Å². The molecule has 0 atom stereocenters. The van der Waals surface area contributed by atoms with Crippen molar-refractivity contribution in [1.29, 1.82) is 0 Å². The number of anilines is 1. The van der Waals surface area contributed by atoms with Crippen molar-refractivity contribution in [3.8, 4) is 0 Å². The smallest absolute Gasteiger partial charge is 0.272 e. The van der Waals surface area contributed by atoms with Crippen molar-refractivity contribution < 1.29 is 9.59 Å². The average Bonchev–Trinajstić information content (AvgIpc) is 3.57. The Kier molecular flexibility index (Phi) is 6.33. The molecule has 192 valence electrons. The van der Waals surface area contributed by atoms with Crippen LogP contribution in [0.25, 0.3) is 11.2 Å². The number of fused-ring (bicyclic) bond motifs is 2. The number of amides is 2. The van der Waals surface area contributed by atoms with Crippen LogP contribution in [0, 0.1) is 0 Å². The standard InChI is InChI=1S/C29H27ClN6O2/c1-2-24-27(36-17-21(30)7-10-26(36)33-24)29(38)34-14-11-20(12-15-34)19-5-8-22(9-6-19)32-28(37)23-4-3-13-35-18-31-16-25(23)35/h3-10,13,16-18,20H,2,11-12,14-15H2,1H3,(H,32,37). The van der Waals surface area contributed by atoms with Crippen LogP contribution in [-0.2, 0) is 6.42 Å². The Morgan fingerprint density at radius 3 is 2.63 bits per heavy atom. The van der Waals surface area contributed by atoms with E-state index < -0.39 is 0 Å². The Hall–Kier alpha value is -4.17. The number of hydrogen-bond donors (Lipinski definition) is 1. The van der Waals surface area contributed by atoms with Gasteiger partial charge in [0.15, 0.2) is 0 Å². The number of rotatable bonds is 5. The summed E-state index contributed by atoms with van der Waals surface area (Å²) in [5.74, 6) is 0.184. The van der Waals surface area contributed by atoms with Gasteiger partial charge in [0.1, 0.15) is 11.3 Å². The van der Waals surface area contributed by atoms with E-state index in [1.54, 1.807) is 30.9 Å². The number of aromatic nitrogens is 4. The third-order valence-electron chi connectivity index (χ3n) is 7.31. The highest BCUT2D eigenvalue weighted by atomic mass is 35.5. The maximum absolute atomic E-state index is 13.5. The number of aryl methyl sites for hydroxylation is 1.